The first-order valence-electron chi connectivity index (χ1n) is 8.58. The molecule has 0 fully saturated rings. The summed E-state index contributed by atoms with van der Waals surface area (Å²) in [5, 5.41) is 21.9. The molecular formula is C20H23N3O2S. The van der Waals surface area contributed by atoms with Crippen molar-refractivity contribution in [3.05, 3.63) is 64.7 Å². The third kappa shape index (κ3) is 4.80. The van der Waals surface area contributed by atoms with Crippen LogP contribution in [0.2, 0.25) is 0 Å². The van der Waals surface area contributed by atoms with E-state index in [1.165, 1.54) is 0 Å². The van der Waals surface area contributed by atoms with Gasteiger partial charge in [0.1, 0.15) is 0 Å². The third-order valence-corrected chi connectivity index (χ3v) is 5.03. The van der Waals surface area contributed by atoms with E-state index in [0.29, 0.717) is 18.5 Å². The Hall–Kier alpha value is -2.44. The lowest BCUT2D eigenvalue weighted by molar-refractivity contribution is 0.0714. The van der Waals surface area contributed by atoms with Gasteiger partial charge in [-0.2, -0.15) is 5.10 Å². The van der Waals surface area contributed by atoms with Crippen molar-refractivity contribution in [2.45, 2.75) is 38.8 Å². The average Bonchev–Trinajstić information content (AvgIpc) is 3.28. The minimum atomic E-state index is -0.711. The van der Waals surface area contributed by atoms with E-state index in [1.807, 2.05) is 35.7 Å². The average molecular weight is 369 g/mol. The second-order valence-electron chi connectivity index (χ2n) is 6.94. The summed E-state index contributed by atoms with van der Waals surface area (Å²) in [7, 11) is 0. The fourth-order valence-corrected chi connectivity index (χ4v) is 3.43. The summed E-state index contributed by atoms with van der Waals surface area (Å²) in [5.41, 5.74) is 2.86. The Morgan fingerprint density at radius 2 is 2.15 bits per heavy atom. The first-order chi connectivity index (χ1) is 12.4. The van der Waals surface area contributed by atoms with Gasteiger partial charge in [-0.15, -0.1) is 11.3 Å². The van der Waals surface area contributed by atoms with Gasteiger partial charge in [0.25, 0.3) is 5.91 Å². The number of H-pyrrole nitrogens is 1. The van der Waals surface area contributed by atoms with E-state index in [-0.39, 0.29) is 5.91 Å². The van der Waals surface area contributed by atoms with Gasteiger partial charge < -0.3 is 10.4 Å². The number of aliphatic hydroxyl groups is 1. The molecule has 0 saturated carbocycles. The quantitative estimate of drug-likeness (QED) is 0.593. The van der Waals surface area contributed by atoms with Gasteiger partial charge >= 0.3 is 0 Å². The molecule has 1 aromatic carbocycles. The molecular weight excluding hydrogens is 346 g/mol. The van der Waals surface area contributed by atoms with Gasteiger partial charge in [-0.3, -0.25) is 9.89 Å². The van der Waals surface area contributed by atoms with Crippen LogP contribution in [0, 0.1) is 0 Å². The number of aryl methyl sites for hydroxylation is 1. The van der Waals surface area contributed by atoms with Crippen LogP contribution in [0.15, 0.2) is 48.0 Å². The van der Waals surface area contributed by atoms with Crippen LogP contribution in [0.1, 0.15) is 41.8 Å². The van der Waals surface area contributed by atoms with Crippen LogP contribution < -0.4 is 5.32 Å². The Kier molecular flexibility index (Phi) is 5.54. The number of nitrogens with one attached hydrogen (secondary N) is 2. The second kappa shape index (κ2) is 7.85. The van der Waals surface area contributed by atoms with Crippen LogP contribution in [-0.4, -0.2) is 26.8 Å². The van der Waals surface area contributed by atoms with Crippen molar-refractivity contribution in [3.63, 3.8) is 0 Å². The smallest absolute Gasteiger partial charge is 0.251 e. The monoisotopic (exact) mass is 369 g/mol. The van der Waals surface area contributed by atoms with E-state index in [4.69, 9.17) is 0 Å². The molecule has 26 heavy (non-hydrogen) atoms. The number of thiophene rings is 1. The molecule has 0 spiro atoms. The van der Waals surface area contributed by atoms with Crippen LogP contribution in [0.4, 0.5) is 0 Å². The molecule has 0 unspecified atom stereocenters. The Morgan fingerprint density at radius 1 is 1.31 bits per heavy atom. The van der Waals surface area contributed by atoms with E-state index in [2.05, 4.69) is 15.5 Å². The lowest BCUT2D eigenvalue weighted by atomic mass is 9.98. The molecule has 5 nitrogen and oxygen atoms in total. The van der Waals surface area contributed by atoms with Gasteiger partial charge in [-0.05, 0) is 55.8 Å². The normalized spacial score (nSPS) is 11.5. The highest BCUT2D eigenvalue weighted by atomic mass is 32.1. The van der Waals surface area contributed by atoms with Crippen LogP contribution in [0.5, 0.6) is 0 Å². The zero-order chi connectivity index (χ0) is 18.6. The van der Waals surface area contributed by atoms with Crippen LogP contribution in [-0.2, 0) is 13.0 Å². The van der Waals surface area contributed by atoms with Gasteiger partial charge in [0.05, 0.1) is 22.4 Å². The Labute approximate surface area is 157 Å². The molecule has 0 radical (unpaired) electrons. The van der Waals surface area contributed by atoms with Gasteiger partial charge in [-0.1, -0.05) is 18.2 Å². The Balaban J connectivity index is 1.63. The Morgan fingerprint density at radius 3 is 2.88 bits per heavy atom. The molecule has 3 rings (SSSR count). The number of carbonyl (C=O) groups excluding carboxylic acids is 1. The van der Waals surface area contributed by atoms with E-state index >= 15 is 0 Å². The minimum Gasteiger partial charge on any atom is -0.390 e. The highest BCUT2D eigenvalue weighted by Crippen LogP contribution is 2.25. The summed E-state index contributed by atoms with van der Waals surface area (Å²) in [5.74, 6) is -0.117. The first kappa shape index (κ1) is 18.4. The molecule has 2 heterocycles. The van der Waals surface area contributed by atoms with Crippen molar-refractivity contribution in [3.8, 4) is 10.6 Å². The SMILES string of the molecule is CC(C)(O)CCc1cccc(C(=O)NCc2cn[nH]c2-c2cccs2)c1. The number of amides is 1. The fraction of sp³-hybridized carbons (Fsp3) is 0.300. The number of benzene rings is 1. The lowest BCUT2D eigenvalue weighted by Gasteiger charge is -2.16. The summed E-state index contributed by atoms with van der Waals surface area (Å²) >= 11 is 1.63. The molecule has 0 aliphatic heterocycles. The summed E-state index contributed by atoms with van der Waals surface area (Å²) in [6.45, 7) is 4.00. The summed E-state index contributed by atoms with van der Waals surface area (Å²) in [6, 6.07) is 11.6. The zero-order valence-corrected chi connectivity index (χ0v) is 15.8. The van der Waals surface area contributed by atoms with Crippen molar-refractivity contribution < 1.29 is 9.90 Å². The largest absolute Gasteiger partial charge is 0.390 e. The van der Waals surface area contributed by atoms with Crippen molar-refractivity contribution in [2.75, 3.05) is 0 Å². The van der Waals surface area contributed by atoms with E-state index in [9.17, 15) is 9.90 Å². The van der Waals surface area contributed by atoms with Crippen molar-refractivity contribution in [1.29, 1.82) is 0 Å². The third-order valence-electron chi connectivity index (χ3n) is 4.14. The number of nitrogens with zero attached hydrogens (tertiary/aromatic N) is 1. The maximum absolute atomic E-state index is 12.5. The number of hydrogen-bond donors (Lipinski definition) is 3. The highest BCUT2D eigenvalue weighted by molar-refractivity contribution is 7.13. The maximum Gasteiger partial charge on any atom is 0.251 e. The van der Waals surface area contributed by atoms with Gasteiger partial charge in [0.15, 0.2) is 0 Å². The van der Waals surface area contributed by atoms with Crippen molar-refractivity contribution in [1.82, 2.24) is 15.5 Å². The zero-order valence-electron chi connectivity index (χ0n) is 15.0. The number of rotatable bonds is 7. The van der Waals surface area contributed by atoms with Crippen molar-refractivity contribution in [2.24, 2.45) is 0 Å². The molecule has 136 valence electrons. The molecule has 2 aromatic heterocycles. The second-order valence-corrected chi connectivity index (χ2v) is 7.89. The number of hydrogen-bond acceptors (Lipinski definition) is 4. The van der Waals surface area contributed by atoms with E-state index in [0.717, 1.165) is 28.1 Å². The fourth-order valence-electron chi connectivity index (χ4n) is 2.68. The molecule has 0 aliphatic rings. The predicted molar refractivity (Wildman–Crippen MR) is 104 cm³/mol. The highest BCUT2D eigenvalue weighted by Gasteiger charge is 2.14. The molecule has 6 heteroatoms. The topological polar surface area (TPSA) is 78.0 Å². The predicted octanol–water partition coefficient (Wildman–Crippen LogP) is 3.77. The van der Waals surface area contributed by atoms with Crippen molar-refractivity contribution >= 4 is 17.2 Å². The molecule has 1 amide bonds. The molecule has 0 bridgehead atoms. The van der Waals surface area contributed by atoms with Crippen LogP contribution in [0.3, 0.4) is 0 Å². The van der Waals surface area contributed by atoms with Gasteiger partial charge in [0, 0.05) is 17.7 Å². The summed E-state index contributed by atoms with van der Waals surface area (Å²) < 4.78 is 0. The molecule has 0 saturated heterocycles. The van der Waals surface area contributed by atoms with E-state index < -0.39 is 5.60 Å². The van der Waals surface area contributed by atoms with Gasteiger partial charge in [-0.25, -0.2) is 0 Å². The summed E-state index contributed by atoms with van der Waals surface area (Å²) in [6.07, 6.45) is 3.13. The molecule has 3 N–H and O–H groups in total. The maximum atomic E-state index is 12.5. The minimum absolute atomic E-state index is 0.117. The lowest BCUT2D eigenvalue weighted by Crippen LogP contribution is -2.23. The molecule has 0 aliphatic carbocycles. The standard InChI is InChI=1S/C20H23N3O2S/c1-20(2,25)9-8-14-5-3-6-15(11-14)19(24)21-12-16-13-22-23-18(16)17-7-4-10-26-17/h3-7,10-11,13,25H,8-9,12H2,1-2H3,(H,21,24)(H,22,23). The number of carbonyl (C=O) groups is 1. The number of aromatic nitrogens is 2. The number of aromatic amines is 1. The van der Waals surface area contributed by atoms with E-state index in [1.54, 1.807) is 37.4 Å². The summed E-state index contributed by atoms with van der Waals surface area (Å²) in [4.78, 5) is 13.6. The van der Waals surface area contributed by atoms with Crippen LogP contribution in [0.25, 0.3) is 10.6 Å². The molecule has 0 atom stereocenters. The van der Waals surface area contributed by atoms with Gasteiger partial charge in [0.2, 0.25) is 0 Å². The Bertz CT molecular complexity index is 863. The molecule has 3 aromatic rings. The first-order valence-corrected chi connectivity index (χ1v) is 9.46. The van der Waals surface area contributed by atoms with Crippen LogP contribution >= 0.6 is 11.3 Å².